The third-order valence-electron chi connectivity index (χ3n) is 2.65. The summed E-state index contributed by atoms with van der Waals surface area (Å²) in [6.07, 6.45) is 0. The van der Waals surface area contributed by atoms with E-state index in [2.05, 4.69) is 15.9 Å². The first kappa shape index (κ1) is 11.7. The first-order valence-corrected chi connectivity index (χ1v) is 5.32. The highest BCUT2D eigenvalue weighted by Gasteiger charge is 2.38. The molecule has 14 heavy (non-hydrogen) atoms. The van der Waals surface area contributed by atoms with E-state index in [9.17, 15) is 5.11 Å². The van der Waals surface area contributed by atoms with Gasteiger partial charge < -0.3 is 10.8 Å². The van der Waals surface area contributed by atoms with Gasteiger partial charge in [0.15, 0.2) is 0 Å². The molecule has 1 atom stereocenters. The summed E-state index contributed by atoms with van der Waals surface area (Å²) in [6, 6.07) is 7.57. The van der Waals surface area contributed by atoms with Crippen molar-refractivity contribution in [2.45, 2.75) is 31.9 Å². The highest BCUT2D eigenvalue weighted by molar-refractivity contribution is 9.10. The second-order valence-corrected chi connectivity index (χ2v) is 5.13. The van der Waals surface area contributed by atoms with E-state index >= 15 is 0 Å². The van der Waals surface area contributed by atoms with E-state index in [0.717, 1.165) is 10.0 Å². The molecule has 2 nitrogen and oxygen atoms in total. The first-order valence-electron chi connectivity index (χ1n) is 4.53. The van der Waals surface area contributed by atoms with Crippen molar-refractivity contribution in [3.63, 3.8) is 0 Å². The molecule has 0 spiro atoms. The van der Waals surface area contributed by atoms with E-state index in [-0.39, 0.29) is 0 Å². The van der Waals surface area contributed by atoms with Gasteiger partial charge >= 0.3 is 0 Å². The first-order chi connectivity index (χ1) is 6.27. The molecule has 0 radical (unpaired) electrons. The quantitative estimate of drug-likeness (QED) is 0.855. The van der Waals surface area contributed by atoms with Gasteiger partial charge in [0.1, 0.15) is 5.60 Å². The van der Waals surface area contributed by atoms with Crippen LogP contribution in [0.3, 0.4) is 0 Å². The van der Waals surface area contributed by atoms with Crippen molar-refractivity contribution in [2.75, 3.05) is 0 Å². The van der Waals surface area contributed by atoms with E-state index in [4.69, 9.17) is 5.73 Å². The maximum Gasteiger partial charge on any atom is 0.105 e. The summed E-state index contributed by atoms with van der Waals surface area (Å²) in [5.41, 5.74) is 5.02. The van der Waals surface area contributed by atoms with E-state index in [1.807, 2.05) is 38.1 Å². The summed E-state index contributed by atoms with van der Waals surface area (Å²) in [7, 11) is 0. The Morgan fingerprint density at radius 3 is 2.14 bits per heavy atom. The van der Waals surface area contributed by atoms with Gasteiger partial charge in [0.05, 0.1) is 0 Å². The van der Waals surface area contributed by atoms with Gasteiger partial charge in [0.25, 0.3) is 0 Å². The molecule has 1 aromatic carbocycles. The molecule has 0 saturated heterocycles. The van der Waals surface area contributed by atoms with Crippen LogP contribution >= 0.6 is 15.9 Å². The van der Waals surface area contributed by atoms with Crippen LogP contribution in [0.5, 0.6) is 0 Å². The number of nitrogens with two attached hydrogens (primary N) is 1. The Hall–Kier alpha value is -0.380. The second-order valence-electron chi connectivity index (χ2n) is 4.27. The van der Waals surface area contributed by atoms with Crippen molar-refractivity contribution in [1.29, 1.82) is 0 Å². The van der Waals surface area contributed by atoms with Gasteiger partial charge in [-0.05, 0) is 32.4 Å². The van der Waals surface area contributed by atoms with Gasteiger partial charge in [-0.15, -0.1) is 0 Å². The molecule has 0 aliphatic carbocycles. The Balaban J connectivity index is 3.23. The molecular weight excluding hydrogens is 242 g/mol. The second kappa shape index (κ2) is 3.65. The molecule has 0 heterocycles. The highest BCUT2D eigenvalue weighted by Crippen LogP contribution is 2.34. The molecule has 3 heteroatoms. The summed E-state index contributed by atoms with van der Waals surface area (Å²) in [5, 5.41) is 10.3. The summed E-state index contributed by atoms with van der Waals surface area (Å²) in [6.45, 7) is 5.35. The average Bonchev–Trinajstić information content (AvgIpc) is 2.02. The smallest absolute Gasteiger partial charge is 0.105 e. The predicted molar refractivity (Wildman–Crippen MR) is 62.0 cm³/mol. The molecule has 0 bridgehead atoms. The van der Waals surface area contributed by atoms with Crippen LogP contribution in [0, 0.1) is 0 Å². The van der Waals surface area contributed by atoms with Crippen LogP contribution in [0.4, 0.5) is 0 Å². The lowest BCUT2D eigenvalue weighted by Crippen LogP contribution is -2.52. The van der Waals surface area contributed by atoms with Crippen molar-refractivity contribution in [3.8, 4) is 0 Å². The minimum absolute atomic E-state index is 0.684. The van der Waals surface area contributed by atoms with Gasteiger partial charge in [0.2, 0.25) is 0 Å². The minimum atomic E-state index is -1.05. The Kier molecular flexibility index (Phi) is 3.04. The molecule has 0 aromatic heterocycles. The molecule has 3 N–H and O–H groups in total. The van der Waals surface area contributed by atoms with E-state index < -0.39 is 11.1 Å². The van der Waals surface area contributed by atoms with Crippen molar-refractivity contribution < 1.29 is 5.11 Å². The molecule has 1 aromatic rings. The lowest BCUT2D eigenvalue weighted by molar-refractivity contribution is -0.00934. The monoisotopic (exact) mass is 257 g/mol. The molecule has 1 unspecified atom stereocenters. The summed E-state index contributed by atoms with van der Waals surface area (Å²) in [4.78, 5) is 0. The summed E-state index contributed by atoms with van der Waals surface area (Å²) >= 11 is 3.41. The Bertz CT molecular complexity index is 328. The van der Waals surface area contributed by atoms with Gasteiger partial charge in [0, 0.05) is 10.0 Å². The van der Waals surface area contributed by atoms with Gasteiger partial charge in [-0.2, -0.15) is 0 Å². The normalized spacial score (nSPS) is 16.4. The summed E-state index contributed by atoms with van der Waals surface area (Å²) in [5.74, 6) is 0. The van der Waals surface area contributed by atoms with Crippen molar-refractivity contribution >= 4 is 15.9 Å². The van der Waals surface area contributed by atoms with Crippen LogP contribution < -0.4 is 5.73 Å². The minimum Gasteiger partial charge on any atom is -0.384 e. The standard InChI is InChI=1S/C11H16BrNO/c1-10(2,13)11(3,14)8-6-4-5-7-9(8)12/h4-7,14H,13H2,1-3H3. The number of hydrogen-bond acceptors (Lipinski definition) is 2. The van der Waals surface area contributed by atoms with Crippen LogP contribution in [-0.4, -0.2) is 10.6 Å². The van der Waals surface area contributed by atoms with Crippen molar-refractivity contribution in [2.24, 2.45) is 5.73 Å². The number of rotatable bonds is 2. The maximum atomic E-state index is 10.3. The van der Waals surface area contributed by atoms with E-state index in [1.54, 1.807) is 6.92 Å². The van der Waals surface area contributed by atoms with Gasteiger partial charge in [-0.1, -0.05) is 34.1 Å². The molecule has 0 aliphatic rings. The number of hydrogen-bond donors (Lipinski definition) is 2. The zero-order valence-electron chi connectivity index (χ0n) is 8.71. The Morgan fingerprint density at radius 2 is 1.71 bits per heavy atom. The summed E-state index contributed by atoms with van der Waals surface area (Å²) < 4.78 is 0.878. The SMILES string of the molecule is CC(C)(N)C(C)(O)c1ccccc1Br. The zero-order chi connectivity index (χ0) is 11.0. The molecule has 78 valence electrons. The molecule has 0 aliphatic heterocycles. The largest absolute Gasteiger partial charge is 0.384 e. The molecule has 0 saturated carbocycles. The third-order valence-corrected chi connectivity index (χ3v) is 3.34. The lowest BCUT2D eigenvalue weighted by Gasteiger charge is -2.37. The fraction of sp³-hybridized carbons (Fsp3) is 0.455. The maximum absolute atomic E-state index is 10.3. The van der Waals surface area contributed by atoms with Crippen LogP contribution in [0.1, 0.15) is 26.3 Å². The van der Waals surface area contributed by atoms with Crippen LogP contribution in [0.15, 0.2) is 28.7 Å². The van der Waals surface area contributed by atoms with E-state index in [0.29, 0.717) is 0 Å². The molecule has 0 amide bonds. The topological polar surface area (TPSA) is 46.2 Å². The van der Waals surface area contributed by atoms with Crippen molar-refractivity contribution in [3.05, 3.63) is 34.3 Å². The number of aliphatic hydroxyl groups is 1. The Morgan fingerprint density at radius 1 is 1.21 bits per heavy atom. The van der Waals surface area contributed by atoms with Crippen LogP contribution in [0.2, 0.25) is 0 Å². The lowest BCUT2D eigenvalue weighted by atomic mass is 9.79. The zero-order valence-corrected chi connectivity index (χ0v) is 10.3. The van der Waals surface area contributed by atoms with Gasteiger partial charge in [-0.25, -0.2) is 0 Å². The van der Waals surface area contributed by atoms with Gasteiger partial charge in [-0.3, -0.25) is 0 Å². The van der Waals surface area contributed by atoms with E-state index in [1.165, 1.54) is 0 Å². The highest BCUT2D eigenvalue weighted by atomic mass is 79.9. The number of benzene rings is 1. The fourth-order valence-corrected chi connectivity index (χ4v) is 1.87. The predicted octanol–water partition coefficient (Wildman–Crippen LogP) is 2.39. The van der Waals surface area contributed by atoms with Crippen LogP contribution in [-0.2, 0) is 5.60 Å². The van der Waals surface area contributed by atoms with Crippen molar-refractivity contribution in [1.82, 2.24) is 0 Å². The molecule has 1 rings (SSSR count). The average molecular weight is 258 g/mol. The Labute approximate surface area is 93.3 Å². The number of halogens is 1. The molecule has 0 fully saturated rings. The van der Waals surface area contributed by atoms with Crippen LogP contribution in [0.25, 0.3) is 0 Å². The third kappa shape index (κ3) is 2.00. The fourth-order valence-electron chi connectivity index (χ4n) is 1.20. The molecular formula is C11H16BrNO.